The molecule has 2 aliphatic rings. The number of aryl methyl sites for hydroxylation is 1. The number of anilines is 1. The fourth-order valence-corrected chi connectivity index (χ4v) is 5.36. The normalized spacial score (nSPS) is 19.9. The monoisotopic (exact) mass is 405 g/mol. The highest BCUT2D eigenvalue weighted by Crippen LogP contribution is 2.49. The molecule has 0 amide bonds. The molecule has 1 saturated heterocycles. The number of hydrogen-bond acceptors (Lipinski definition) is 8. The van der Waals surface area contributed by atoms with Gasteiger partial charge in [-0.1, -0.05) is 6.92 Å². The third kappa shape index (κ3) is 2.14. The second-order valence-electron chi connectivity index (χ2n) is 7.44. The fraction of sp³-hybridized carbons (Fsp3) is 0.368. The molecule has 6 heterocycles. The Morgan fingerprint density at radius 1 is 1.24 bits per heavy atom. The molecule has 0 bridgehead atoms. The summed E-state index contributed by atoms with van der Waals surface area (Å²) < 4.78 is 2.13. The van der Waals surface area contributed by atoms with Gasteiger partial charge in [0.25, 0.3) is 0 Å². The summed E-state index contributed by atoms with van der Waals surface area (Å²) in [5, 5.41) is 19.0. The van der Waals surface area contributed by atoms with Gasteiger partial charge in [-0.2, -0.15) is 5.10 Å². The first-order valence-corrected chi connectivity index (χ1v) is 10.6. The Labute approximate surface area is 170 Å². The maximum absolute atomic E-state index is 5.04. The van der Waals surface area contributed by atoms with E-state index >= 15 is 0 Å². The summed E-state index contributed by atoms with van der Waals surface area (Å²) in [6.45, 7) is 5.16. The number of hydrogen-bond donors (Lipinski definition) is 1. The van der Waals surface area contributed by atoms with Gasteiger partial charge in [-0.15, -0.1) is 21.5 Å². The first-order chi connectivity index (χ1) is 14.2. The fourth-order valence-electron chi connectivity index (χ4n) is 4.72. The smallest absolute Gasteiger partial charge is 0.165 e. The largest absolute Gasteiger partial charge is 0.342 e. The van der Waals surface area contributed by atoms with Crippen molar-refractivity contribution < 1.29 is 0 Å². The molecule has 0 spiro atoms. The lowest BCUT2D eigenvalue weighted by Crippen LogP contribution is -2.47. The average molecular weight is 405 g/mol. The van der Waals surface area contributed by atoms with Crippen LogP contribution >= 0.6 is 11.3 Å². The molecular weight excluding hydrogens is 386 g/mol. The number of aromatic nitrogens is 8. The maximum atomic E-state index is 5.04. The maximum Gasteiger partial charge on any atom is 0.165 e. The summed E-state index contributed by atoms with van der Waals surface area (Å²) >= 11 is 1.56. The number of nitrogens with zero attached hydrogens (tertiary/aromatic N) is 8. The Hall–Kier alpha value is -3.14. The van der Waals surface area contributed by atoms with Crippen molar-refractivity contribution in [2.45, 2.75) is 38.6 Å². The first kappa shape index (κ1) is 16.8. The van der Waals surface area contributed by atoms with E-state index in [2.05, 4.69) is 41.8 Å². The second-order valence-corrected chi connectivity index (χ2v) is 8.34. The highest BCUT2D eigenvalue weighted by Gasteiger charge is 2.50. The van der Waals surface area contributed by atoms with Gasteiger partial charge in [-0.05, 0) is 26.2 Å². The molecule has 0 unspecified atom stereocenters. The van der Waals surface area contributed by atoms with Crippen molar-refractivity contribution in [3.05, 3.63) is 35.6 Å². The van der Waals surface area contributed by atoms with Gasteiger partial charge >= 0.3 is 0 Å². The first-order valence-electron chi connectivity index (χ1n) is 9.74. The van der Waals surface area contributed by atoms with E-state index in [1.807, 2.05) is 18.5 Å². The van der Waals surface area contributed by atoms with Crippen LogP contribution in [0.4, 0.5) is 5.82 Å². The van der Waals surface area contributed by atoms with E-state index in [4.69, 9.17) is 9.97 Å². The standard InChI is InChI=1S/C19H19N9S/c1-3-19-5-4-7-27(19)16-13(28-11(2)24-26-18(19)28)10-21-15(23-16)12-9-22-25-14(12)17-20-6-8-29-17/h6,8-10H,3-5,7H2,1-2H3,(H,22,25)/t19-/m0/s1. The number of nitrogens with one attached hydrogen (secondary N) is 1. The Bertz CT molecular complexity index is 1210. The van der Waals surface area contributed by atoms with Crippen molar-refractivity contribution in [3.8, 4) is 27.8 Å². The third-order valence-electron chi connectivity index (χ3n) is 6.09. The number of aromatic amines is 1. The van der Waals surface area contributed by atoms with Crippen molar-refractivity contribution in [3.63, 3.8) is 0 Å². The van der Waals surface area contributed by atoms with Gasteiger partial charge in [-0.3, -0.25) is 9.67 Å². The van der Waals surface area contributed by atoms with E-state index in [1.165, 1.54) is 0 Å². The van der Waals surface area contributed by atoms with Crippen LogP contribution in [0.1, 0.15) is 37.8 Å². The average Bonchev–Trinajstić information content (AvgIpc) is 3.52. The number of H-pyrrole nitrogens is 1. The zero-order valence-electron chi connectivity index (χ0n) is 16.1. The summed E-state index contributed by atoms with van der Waals surface area (Å²) in [5.41, 5.74) is 2.49. The lowest BCUT2D eigenvalue weighted by atomic mass is 9.90. The predicted molar refractivity (Wildman–Crippen MR) is 109 cm³/mol. The topological polar surface area (TPSA) is 101 Å². The molecule has 0 aliphatic carbocycles. The van der Waals surface area contributed by atoms with E-state index < -0.39 is 0 Å². The van der Waals surface area contributed by atoms with Crippen LogP contribution in [0.2, 0.25) is 0 Å². The van der Waals surface area contributed by atoms with Gasteiger partial charge in [0.2, 0.25) is 0 Å². The summed E-state index contributed by atoms with van der Waals surface area (Å²) in [6, 6.07) is 0. The lowest BCUT2D eigenvalue weighted by molar-refractivity contribution is 0.381. The minimum absolute atomic E-state index is 0.158. The van der Waals surface area contributed by atoms with Crippen molar-refractivity contribution in [1.82, 2.24) is 39.9 Å². The molecule has 6 rings (SSSR count). The van der Waals surface area contributed by atoms with Crippen LogP contribution < -0.4 is 4.90 Å². The van der Waals surface area contributed by atoms with Crippen LogP contribution in [0.5, 0.6) is 0 Å². The molecule has 1 atom stereocenters. The van der Waals surface area contributed by atoms with Crippen molar-refractivity contribution in [2.75, 3.05) is 11.4 Å². The molecule has 29 heavy (non-hydrogen) atoms. The molecule has 4 aromatic heterocycles. The van der Waals surface area contributed by atoms with Crippen molar-refractivity contribution in [1.29, 1.82) is 0 Å². The van der Waals surface area contributed by atoms with Gasteiger partial charge in [0.05, 0.1) is 18.0 Å². The van der Waals surface area contributed by atoms with Gasteiger partial charge in [0.1, 0.15) is 27.8 Å². The van der Waals surface area contributed by atoms with Crippen LogP contribution in [0, 0.1) is 6.92 Å². The highest BCUT2D eigenvalue weighted by atomic mass is 32.1. The van der Waals surface area contributed by atoms with E-state index in [1.54, 1.807) is 23.7 Å². The molecule has 0 radical (unpaired) electrons. The summed E-state index contributed by atoms with van der Waals surface area (Å²) in [5.74, 6) is 3.46. The lowest BCUT2D eigenvalue weighted by Gasteiger charge is -2.42. The molecule has 0 aromatic carbocycles. The summed E-state index contributed by atoms with van der Waals surface area (Å²) in [7, 11) is 0. The van der Waals surface area contributed by atoms with Crippen LogP contribution in [0.25, 0.3) is 27.8 Å². The quantitative estimate of drug-likeness (QED) is 0.559. The van der Waals surface area contributed by atoms with Gasteiger partial charge in [-0.25, -0.2) is 15.0 Å². The van der Waals surface area contributed by atoms with Crippen LogP contribution in [0.3, 0.4) is 0 Å². The molecule has 1 N–H and O–H groups in total. The Kier molecular flexibility index (Phi) is 3.43. The number of thiazole rings is 1. The number of rotatable bonds is 3. The predicted octanol–water partition coefficient (Wildman–Crippen LogP) is 3.10. The summed E-state index contributed by atoms with van der Waals surface area (Å²) in [6.07, 6.45) is 8.56. The van der Waals surface area contributed by atoms with Crippen LogP contribution in [0.15, 0.2) is 24.0 Å². The molecule has 2 aliphatic heterocycles. The highest BCUT2D eigenvalue weighted by molar-refractivity contribution is 7.13. The van der Waals surface area contributed by atoms with E-state index in [0.717, 1.165) is 65.2 Å². The zero-order valence-corrected chi connectivity index (χ0v) is 16.9. The third-order valence-corrected chi connectivity index (χ3v) is 6.88. The second kappa shape index (κ2) is 5.93. The minimum Gasteiger partial charge on any atom is -0.342 e. The molecule has 146 valence electrons. The molecule has 1 fully saturated rings. The molecule has 10 heteroatoms. The number of fused-ring (bicyclic) bond motifs is 6. The SMILES string of the molecule is CC[C@@]12CCCN1c1nc(-c3cn[nH]c3-c3nccs3)ncc1-n1c(C)nnc12. The molecule has 4 aromatic rings. The zero-order chi connectivity index (χ0) is 19.6. The van der Waals surface area contributed by atoms with Crippen molar-refractivity contribution >= 4 is 17.2 Å². The Morgan fingerprint density at radius 3 is 3.00 bits per heavy atom. The van der Waals surface area contributed by atoms with Crippen LogP contribution in [-0.4, -0.2) is 46.5 Å². The molecule has 9 nitrogen and oxygen atoms in total. The Morgan fingerprint density at radius 2 is 2.17 bits per heavy atom. The van der Waals surface area contributed by atoms with E-state index in [9.17, 15) is 0 Å². The van der Waals surface area contributed by atoms with Crippen molar-refractivity contribution in [2.24, 2.45) is 0 Å². The van der Waals surface area contributed by atoms with Gasteiger partial charge in [0, 0.05) is 18.1 Å². The minimum atomic E-state index is -0.158. The van der Waals surface area contributed by atoms with Crippen LogP contribution in [-0.2, 0) is 5.54 Å². The summed E-state index contributed by atoms with van der Waals surface area (Å²) in [4.78, 5) is 16.5. The molecule has 0 saturated carbocycles. The Balaban J connectivity index is 1.57. The van der Waals surface area contributed by atoms with Gasteiger partial charge in [0.15, 0.2) is 17.5 Å². The molecular formula is C19H19N9S. The van der Waals surface area contributed by atoms with E-state index in [-0.39, 0.29) is 5.54 Å². The van der Waals surface area contributed by atoms with Gasteiger partial charge < -0.3 is 4.90 Å². The van der Waals surface area contributed by atoms with E-state index in [0.29, 0.717) is 5.82 Å².